The summed E-state index contributed by atoms with van der Waals surface area (Å²) in [4.78, 5) is 1.72. The molecule has 3 rings (SSSR count). The summed E-state index contributed by atoms with van der Waals surface area (Å²) in [7, 11) is 0. The van der Waals surface area contributed by atoms with Crippen molar-refractivity contribution in [1.29, 1.82) is 0 Å². The van der Waals surface area contributed by atoms with Crippen molar-refractivity contribution in [2.75, 3.05) is 26.2 Å². The van der Waals surface area contributed by atoms with E-state index in [0.717, 1.165) is 5.92 Å². The third-order valence-corrected chi connectivity index (χ3v) is 3.19. The van der Waals surface area contributed by atoms with Gasteiger partial charge in [0.15, 0.2) is 0 Å². The van der Waals surface area contributed by atoms with Crippen LogP contribution >= 0.6 is 0 Å². The van der Waals surface area contributed by atoms with Crippen molar-refractivity contribution in [3.63, 3.8) is 0 Å². The van der Waals surface area contributed by atoms with Crippen LogP contribution in [0.15, 0.2) is 0 Å². The van der Waals surface area contributed by atoms with Crippen LogP contribution in [-0.2, 0) is 0 Å². The Morgan fingerprint density at radius 3 is 2.30 bits per heavy atom. The number of aliphatic hydroxyl groups excluding tert-OH is 1. The Hall–Kier alpha value is -0.0800. The Morgan fingerprint density at radius 1 is 1.30 bits per heavy atom. The van der Waals surface area contributed by atoms with Gasteiger partial charge in [-0.25, -0.2) is 0 Å². The van der Waals surface area contributed by atoms with Gasteiger partial charge in [-0.05, 0) is 5.92 Å². The Bertz CT molecular complexity index is 118. The fourth-order valence-electron chi connectivity index (χ4n) is 2.47. The second kappa shape index (κ2) is 2.51. The van der Waals surface area contributed by atoms with Gasteiger partial charge in [-0.3, -0.25) is 0 Å². The van der Waals surface area contributed by atoms with E-state index in [9.17, 15) is 0 Å². The van der Waals surface area contributed by atoms with E-state index in [1.807, 2.05) is 0 Å². The van der Waals surface area contributed by atoms with Gasteiger partial charge in [0.2, 0.25) is 0 Å². The van der Waals surface area contributed by atoms with Crippen LogP contribution in [-0.4, -0.2) is 31.3 Å². The predicted molar refractivity (Wildman–Crippen MR) is 38.9 cm³/mol. The zero-order chi connectivity index (χ0) is 6.97. The number of aliphatic hydroxyl groups is 1. The number of fused-ring (bicyclic) bond motifs is 3. The van der Waals surface area contributed by atoms with Crippen LogP contribution in [0.2, 0.25) is 0 Å². The van der Waals surface area contributed by atoms with Crippen LogP contribution in [0.4, 0.5) is 0 Å². The molecule has 0 amide bonds. The molecule has 3 heterocycles. The van der Waals surface area contributed by atoms with E-state index in [1.165, 1.54) is 32.5 Å². The monoisotopic (exact) mass is 142 g/mol. The molecule has 1 atom stereocenters. The minimum Gasteiger partial charge on any atom is -0.396 e. The van der Waals surface area contributed by atoms with Crippen LogP contribution in [0.25, 0.3) is 0 Å². The molecule has 58 valence electrons. The van der Waals surface area contributed by atoms with E-state index >= 15 is 0 Å². The lowest BCUT2D eigenvalue weighted by Crippen LogP contribution is -3.16. The summed E-state index contributed by atoms with van der Waals surface area (Å²) in [5.41, 5.74) is 0. The van der Waals surface area contributed by atoms with Crippen molar-refractivity contribution in [2.24, 2.45) is 11.8 Å². The second-order valence-corrected chi connectivity index (χ2v) is 3.73. The average Bonchev–Trinajstić information content (AvgIpc) is 2.06. The quantitative estimate of drug-likeness (QED) is 0.477. The second-order valence-electron chi connectivity index (χ2n) is 3.73. The van der Waals surface area contributed by atoms with Crippen molar-refractivity contribution in [3.05, 3.63) is 0 Å². The zero-order valence-electron chi connectivity index (χ0n) is 6.34. The average molecular weight is 142 g/mol. The first-order chi connectivity index (χ1) is 4.90. The summed E-state index contributed by atoms with van der Waals surface area (Å²) in [5, 5.41) is 9.00. The van der Waals surface area contributed by atoms with Gasteiger partial charge in [0, 0.05) is 18.8 Å². The molecule has 3 saturated heterocycles. The standard InChI is InChI=1S/C8H15NO/c10-6-8-5-9-3-1-7(8)2-4-9/h7-8,10H,1-6H2/p+1/t8-/m1/s1. The fourth-order valence-corrected chi connectivity index (χ4v) is 2.47. The maximum atomic E-state index is 9.00. The number of piperidine rings is 3. The number of hydrogen-bond donors (Lipinski definition) is 2. The summed E-state index contributed by atoms with van der Waals surface area (Å²) in [6.45, 7) is 4.39. The van der Waals surface area contributed by atoms with Crippen molar-refractivity contribution in [3.8, 4) is 0 Å². The highest BCUT2D eigenvalue weighted by molar-refractivity contribution is 4.75. The summed E-state index contributed by atoms with van der Waals surface area (Å²) in [6, 6.07) is 0. The molecule has 0 aromatic heterocycles. The molecule has 0 spiro atoms. The molecule has 0 radical (unpaired) electrons. The van der Waals surface area contributed by atoms with Crippen molar-refractivity contribution in [2.45, 2.75) is 12.8 Å². The third kappa shape index (κ3) is 0.956. The number of quaternary nitrogens is 1. The molecule has 3 aliphatic heterocycles. The maximum Gasteiger partial charge on any atom is 0.0824 e. The summed E-state index contributed by atoms with van der Waals surface area (Å²) in [6.07, 6.45) is 2.72. The van der Waals surface area contributed by atoms with E-state index in [2.05, 4.69) is 0 Å². The van der Waals surface area contributed by atoms with Crippen LogP contribution in [0.5, 0.6) is 0 Å². The molecule has 0 unspecified atom stereocenters. The molecule has 10 heavy (non-hydrogen) atoms. The van der Waals surface area contributed by atoms with E-state index in [4.69, 9.17) is 5.11 Å². The Balaban J connectivity index is 2.01. The van der Waals surface area contributed by atoms with Crippen LogP contribution < -0.4 is 4.90 Å². The lowest BCUT2D eigenvalue weighted by Gasteiger charge is -2.41. The topological polar surface area (TPSA) is 24.7 Å². The molecule has 3 fully saturated rings. The third-order valence-electron chi connectivity index (χ3n) is 3.19. The van der Waals surface area contributed by atoms with Crippen LogP contribution in [0.3, 0.4) is 0 Å². The predicted octanol–water partition coefficient (Wildman–Crippen LogP) is -1.10. The molecule has 0 aliphatic carbocycles. The molecule has 2 nitrogen and oxygen atoms in total. The van der Waals surface area contributed by atoms with E-state index < -0.39 is 0 Å². The van der Waals surface area contributed by atoms with Gasteiger partial charge in [-0.1, -0.05) is 0 Å². The van der Waals surface area contributed by atoms with Crippen molar-refractivity contribution >= 4 is 0 Å². The molecular formula is C8H16NO+. The minimum atomic E-state index is 0.425. The number of rotatable bonds is 1. The lowest BCUT2D eigenvalue weighted by atomic mass is 9.80. The van der Waals surface area contributed by atoms with Crippen molar-refractivity contribution < 1.29 is 10.0 Å². The number of hydrogen-bond acceptors (Lipinski definition) is 1. The molecule has 3 aliphatic rings. The lowest BCUT2D eigenvalue weighted by molar-refractivity contribution is -0.921. The summed E-state index contributed by atoms with van der Waals surface area (Å²) < 4.78 is 0. The smallest absolute Gasteiger partial charge is 0.0824 e. The zero-order valence-corrected chi connectivity index (χ0v) is 6.34. The van der Waals surface area contributed by atoms with Gasteiger partial charge < -0.3 is 10.0 Å². The van der Waals surface area contributed by atoms with Gasteiger partial charge in [-0.2, -0.15) is 0 Å². The molecule has 0 saturated carbocycles. The minimum absolute atomic E-state index is 0.425. The largest absolute Gasteiger partial charge is 0.396 e. The number of nitrogens with one attached hydrogen (secondary N) is 1. The van der Waals surface area contributed by atoms with Crippen LogP contribution in [0.1, 0.15) is 12.8 Å². The Kier molecular flexibility index (Phi) is 1.66. The molecular weight excluding hydrogens is 126 g/mol. The molecule has 2 heteroatoms. The normalized spacial score (nSPS) is 45.9. The van der Waals surface area contributed by atoms with Gasteiger partial charge in [0.05, 0.1) is 26.2 Å². The van der Waals surface area contributed by atoms with Gasteiger partial charge in [0.25, 0.3) is 0 Å². The molecule has 0 aromatic carbocycles. The van der Waals surface area contributed by atoms with Gasteiger partial charge in [0.1, 0.15) is 0 Å². The highest BCUT2D eigenvalue weighted by Gasteiger charge is 2.36. The Morgan fingerprint density at radius 2 is 2.00 bits per heavy atom. The highest BCUT2D eigenvalue weighted by atomic mass is 16.3. The van der Waals surface area contributed by atoms with E-state index in [0.29, 0.717) is 12.5 Å². The highest BCUT2D eigenvalue weighted by Crippen LogP contribution is 2.22. The Labute approximate surface area is 61.8 Å². The van der Waals surface area contributed by atoms with Gasteiger partial charge in [-0.15, -0.1) is 0 Å². The maximum absolute atomic E-state index is 9.00. The molecule has 0 aromatic rings. The SMILES string of the molecule is OC[C@H]1C[NH+]2CCC1CC2. The van der Waals surface area contributed by atoms with Crippen molar-refractivity contribution in [1.82, 2.24) is 0 Å². The summed E-state index contributed by atoms with van der Waals surface area (Å²) in [5.74, 6) is 1.50. The first kappa shape index (κ1) is 6.62. The summed E-state index contributed by atoms with van der Waals surface area (Å²) >= 11 is 0. The first-order valence-electron chi connectivity index (χ1n) is 4.34. The molecule has 2 N–H and O–H groups in total. The first-order valence-corrected chi connectivity index (χ1v) is 4.34. The van der Waals surface area contributed by atoms with Crippen LogP contribution in [0, 0.1) is 11.8 Å². The fraction of sp³-hybridized carbons (Fsp3) is 1.00. The van der Waals surface area contributed by atoms with E-state index in [1.54, 1.807) is 4.90 Å². The molecule has 2 bridgehead atoms. The van der Waals surface area contributed by atoms with Gasteiger partial charge >= 0.3 is 0 Å². The van der Waals surface area contributed by atoms with E-state index in [-0.39, 0.29) is 0 Å².